The number of aryl methyl sites for hydroxylation is 1. The van der Waals surface area contributed by atoms with Crippen LogP contribution in [0.1, 0.15) is 18.4 Å². The first-order valence-electron chi connectivity index (χ1n) is 9.18. The first kappa shape index (κ1) is 19.5. The summed E-state index contributed by atoms with van der Waals surface area (Å²) in [5.74, 6) is 2.33. The molecule has 0 radical (unpaired) electrons. The van der Waals surface area contributed by atoms with E-state index in [4.69, 9.17) is 18.6 Å². The molecule has 6 nitrogen and oxygen atoms in total. The molecular formula is C22H23NO5. The third kappa shape index (κ3) is 5.36. The summed E-state index contributed by atoms with van der Waals surface area (Å²) in [5.41, 5.74) is 1.84. The Kier molecular flexibility index (Phi) is 6.68. The number of benzene rings is 2. The molecule has 0 spiro atoms. The fraction of sp³-hybridized carbons (Fsp3) is 0.273. The number of carbonyl (C=O) groups excluding carboxylic acids is 1. The van der Waals surface area contributed by atoms with E-state index in [1.807, 2.05) is 37.3 Å². The average molecular weight is 381 g/mol. The highest BCUT2D eigenvalue weighted by molar-refractivity contribution is 5.71. The maximum Gasteiger partial charge on any atom is 0.344 e. The molecule has 28 heavy (non-hydrogen) atoms. The first-order chi connectivity index (χ1) is 13.7. The topological polar surface area (TPSA) is 70.8 Å². The van der Waals surface area contributed by atoms with Crippen LogP contribution in [-0.4, -0.2) is 30.8 Å². The number of hydrogen-bond acceptors (Lipinski definition) is 6. The molecule has 0 aliphatic rings. The summed E-state index contributed by atoms with van der Waals surface area (Å²) in [6.07, 6.45) is 0.642. The van der Waals surface area contributed by atoms with E-state index in [1.54, 1.807) is 31.2 Å². The summed E-state index contributed by atoms with van der Waals surface area (Å²) >= 11 is 0. The van der Waals surface area contributed by atoms with Gasteiger partial charge in [0.2, 0.25) is 5.89 Å². The zero-order valence-corrected chi connectivity index (χ0v) is 16.0. The SMILES string of the molecule is CCOC(=O)COc1ccc(OCCc2nc(-c3ccccc3)oc2C)cc1. The Morgan fingerprint density at radius 1 is 1.00 bits per heavy atom. The molecule has 0 fully saturated rings. The van der Waals surface area contributed by atoms with Crippen LogP contribution < -0.4 is 9.47 Å². The van der Waals surface area contributed by atoms with Crippen molar-refractivity contribution in [3.05, 3.63) is 66.1 Å². The number of nitrogens with zero attached hydrogens (tertiary/aromatic N) is 1. The molecule has 0 atom stereocenters. The van der Waals surface area contributed by atoms with Crippen LogP contribution in [0.3, 0.4) is 0 Å². The van der Waals surface area contributed by atoms with Crippen molar-refractivity contribution in [1.82, 2.24) is 4.98 Å². The Hall–Kier alpha value is -3.28. The van der Waals surface area contributed by atoms with Crippen LogP contribution >= 0.6 is 0 Å². The third-order valence-corrected chi connectivity index (χ3v) is 4.01. The second-order valence-corrected chi connectivity index (χ2v) is 6.05. The van der Waals surface area contributed by atoms with Crippen LogP contribution in [0.5, 0.6) is 11.5 Å². The Balaban J connectivity index is 1.49. The second kappa shape index (κ2) is 9.60. The van der Waals surface area contributed by atoms with E-state index >= 15 is 0 Å². The van der Waals surface area contributed by atoms with E-state index in [0.29, 0.717) is 37.0 Å². The molecule has 146 valence electrons. The molecule has 6 heteroatoms. The zero-order chi connectivity index (χ0) is 19.8. The lowest BCUT2D eigenvalue weighted by Crippen LogP contribution is -2.14. The number of oxazole rings is 1. The fourth-order valence-corrected chi connectivity index (χ4v) is 2.61. The smallest absolute Gasteiger partial charge is 0.344 e. The van der Waals surface area contributed by atoms with Crippen LogP contribution in [0.25, 0.3) is 11.5 Å². The average Bonchev–Trinajstić information content (AvgIpc) is 3.09. The molecule has 0 N–H and O–H groups in total. The van der Waals surface area contributed by atoms with Crippen LogP contribution in [0.4, 0.5) is 0 Å². The predicted octanol–water partition coefficient (Wildman–Crippen LogP) is 4.21. The molecule has 0 amide bonds. The van der Waals surface area contributed by atoms with Crippen molar-refractivity contribution in [1.29, 1.82) is 0 Å². The van der Waals surface area contributed by atoms with Gasteiger partial charge in [-0.05, 0) is 50.2 Å². The van der Waals surface area contributed by atoms with Crippen molar-refractivity contribution < 1.29 is 23.4 Å². The molecule has 0 saturated carbocycles. The molecule has 1 aromatic heterocycles. The van der Waals surface area contributed by atoms with Gasteiger partial charge in [-0.1, -0.05) is 18.2 Å². The Morgan fingerprint density at radius 3 is 2.36 bits per heavy atom. The highest BCUT2D eigenvalue weighted by Gasteiger charge is 2.11. The predicted molar refractivity (Wildman–Crippen MR) is 104 cm³/mol. The van der Waals surface area contributed by atoms with Gasteiger partial charge in [0.15, 0.2) is 6.61 Å². The van der Waals surface area contributed by atoms with Crippen LogP contribution in [-0.2, 0) is 16.0 Å². The van der Waals surface area contributed by atoms with Crippen molar-refractivity contribution in [3.8, 4) is 23.0 Å². The van der Waals surface area contributed by atoms with Gasteiger partial charge in [-0.25, -0.2) is 9.78 Å². The molecule has 2 aromatic carbocycles. The molecule has 0 aliphatic heterocycles. The molecular weight excluding hydrogens is 358 g/mol. The van der Waals surface area contributed by atoms with E-state index in [1.165, 1.54) is 0 Å². The number of esters is 1. The van der Waals surface area contributed by atoms with Gasteiger partial charge >= 0.3 is 5.97 Å². The number of aromatic nitrogens is 1. The minimum atomic E-state index is -0.388. The van der Waals surface area contributed by atoms with Gasteiger partial charge in [-0.2, -0.15) is 0 Å². The normalized spacial score (nSPS) is 10.5. The van der Waals surface area contributed by atoms with Gasteiger partial charge in [0.25, 0.3) is 0 Å². The van der Waals surface area contributed by atoms with Gasteiger partial charge in [0, 0.05) is 12.0 Å². The lowest BCUT2D eigenvalue weighted by atomic mass is 10.2. The highest BCUT2D eigenvalue weighted by Crippen LogP contribution is 2.22. The highest BCUT2D eigenvalue weighted by atomic mass is 16.6. The molecule has 1 heterocycles. The number of rotatable bonds is 9. The monoisotopic (exact) mass is 381 g/mol. The molecule has 0 saturated heterocycles. The van der Waals surface area contributed by atoms with E-state index in [0.717, 1.165) is 17.0 Å². The standard InChI is InChI=1S/C22H23NO5/c1-3-25-21(24)15-27-19-11-9-18(10-12-19)26-14-13-20-16(2)28-22(23-20)17-7-5-4-6-8-17/h4-12H,3,13-15H2,1-2H3. The minimum Gasteiger partial charge on any atom is -0.493 e. The van der Waals surface area contributed by atoms with Crippen molar-refractivity contribution in [3.63, 3.8) is 0 Å². The summed E-state index contributed by atoms with van der Waals surface area (Å²) in [4.78, 5) is 15.9. The van der Waals surface area contributed by atoms with E-state index in [9.17, 15) is 4.79 Å². The lowest BCUT2D eigenvalue weighted by Gasteiger charge is -2.08. The van der Waals surface area contributed by atoms with Crippen molar-refractivity contribution >= 4 is 5.97 Å². The Bertz CT molecular complexity index is 887. The number of hydrogen-bond donors (Lipinski definition) is 0. The summed E-state index contributed by atoms with van der Waals surface area (Å²) in [6, 6.07) is 16.9. The maximum absolute atomic E-state index is 11.3. The largest absolute Gasteiger partial charge is 0.493 e. The fourth-order valence-electron chi connectivity index (χ4n) is 2.61. The van der Waals surface area contributed by atoms with Gasteiger partial charge < -0.3 is 18.6 Å². The van der Waals surface area contributed by atoms with E-state index in [2.05, 4.69) is 4.98 Å². The Morgan fingerprint density at radius 2 is 1.68 bits per heavy atom. The van der Waals surface area contributed by atoms with Gasteiger partial charge in [0.1, 0.15) is 17.3 Å². The quantitative estimate of drug-likeness (QED) is 0.517. The molecule has 0 aliphatic carbocycles. The molecule has 3 aromatic rings. The summed E-state index contributed by atoms with van der Waals surface area (Å²) in [6.45, 7) is 4.37. The summed E-state index contributed by atoms with van der Waals surface area (Å²) < 4.78 is 21.7. The zero-order valence-electron chi connectivity index (χ0n) is 16.0. The summed E-state index contributed by atoms with van der Waals surface area (Å²) in [5, 5.41) is 0. The van der Waals surface area contributed by atoms with Gasteiger partial charge in [-0.15, -0.1) is 0 Å². The van der Waals surface area contributed by atoms with Gasteiger partial charge in [0.05, 0.1) is 18.9 Å². The van der Waals surface area contributed by atoms with E-state index < -0.39 is 0 Å². The van der Waals surface area contributed by atoms with Gasteiger partial charge in [-0.3, -0.25) is 0 Å². The first-order valence-corrected chi connectivity index (χ1v) is 9.18. The minimum absolute atomic E-state index is 0.108. The molecule has 0 unspecified atom stereocenters. The number of carbonyl (C=O) groups is 1. The van der Waals surface area contributed by atoms with Crippen molar-refractivity contribution in [2.24, 2.45) is 0 Å². The summed E-state index contributed by atoms with van der Waals surface area (Å²) in [7, 11) is 0. The van der Waals surface area contributed by atoms with E-state index in [-0.39, 0.29) is 12.6 Å². The lowest BCUT2D eigenvalue weighted by molar-refractivity contribution is -0.145. The van der Waals surface area contributed by atoms with Crippen molar-refractivity contribution in [2.45, 2.75) is 20.3 Å². The Labute approximate surface area is 164 Å². The van der Waals surface area contributed by atoms with Crippen LogP contribution in [0.2, 0.25) is 0 Å². The molecule has 0 bridgehead atoms. The van der Waals surface area contributed by atoms with Crippen LogP contribution in [0.15, 0.2) is 59.0 Å². The number of ether oxygens (including phenoxy) is 3. The third-order valence-electron chi connectivity index (χ3n) is 4.01. The van der Waals surface area contributed by atoms with Crippen molar-refractivity contribution in [2.75, 3.05) is 19.8 Å². The van der Waals surface area contributed by atoms with Crippen LogP contribution in [0, 0.1) is 6.92 Å². The maximum atomic E-state index is 11.3. The second-order valence-electron chi connectivity index (χ2n) is 6.05. The molecule has 3 rings (SSSR count).